The van der Waals surface area contributed by atoms with E-state index in [9.17, 15) is 13.2 Å². The van der Waals surface area contributed by atoms with Crippen molar-refractivity contribution < 1.29 is 17.9 Å². The Morgan fingerprint density at radius 3 is 2.81 bits per heavy atom. The quantitative estimate of drug-likeness (QED) is 0.626. The van der Waals surface area contributed by atoms with Crippen LogP contribution in [0.25, 0.3) is 10.2 Å². The Morgan fingerprint density at radius 1 is 1.30 bits per heavy atom. The third kappa shape index (κ3) is 3.42. The molecule has 0 fully saturated rings. The average molecular weight is 402 g/mol. The van der Waals surface area contributed by atoms with Crippen molar-refractivity contribution in [2.45, 2.75) is 26.0 Å². The van der Waals surface area contributed by atoms with E-state index in [4.69, 9.17) is 4.74 Å². The first-order chi connectivity index (χ1) is 12.8. The average Bonchev–Trinajstić information content (AvgIpc) is 3.17. The van der Waals surface area contributed by atoms with Crippen LogP contribution >= 0.6 is 11.3 Å². The summed E-state index contributed by atoms with van der Waals surface area (Å²) < 4.78 is 31.8. The van der Waals surface area contributed by atoms with Crippen molar-refractivity contribution in [2.24, 2.45) is 0 Å². The molecular formula is C19H18N2O4S2. The highest BCUT2D eigenvalue weighted by Crippen LogP contribution is 2.35. The minimum atomic E-state index is -3.35. The zero-order valence-corrected chi connectivity index (χ0v) is 16.5. The van der Waals surface area contributed by atoms with Gasteiger partial charge in [-0.05, 0) is 49.2 Å². The van der Waals surface area contributed by atoms with E-state index in [-0.39, 0.29) is 12.6 Å². The lowest BCUT2D eigenvalue weighted by Gasteiger charge is -2.21. The van der Waals surface area contributed by atoms with Gasteiger partial charge in [0.1, 0.15) is 11.6 Å². The van der Waals surface area contributed by atoms with Crippen molar-refractivity contribution in [1.29, 1.82) is 0 Å². The van der Waals surface area contributed by atoms with Crippen LogP contribution in [-0.4, -0.2) is 31.7 Å². The maximum atomic E-state index is 12.4. The summed E-state index contributed by atoms with van der Waals surface area (Å²) in [4.78, 5) is 16.9. The predicted octanol–water partition coefficient (Wildman–Crippen LogP) is 3.36. The Morgan fingerprint density at radius 2 is 2.07 bits per heavy atom. The number of carbonyl (C=O) groups is 1. The van der Waals surface area contributed by atoms with Gasteiger partial charge < -0.3 is 4.74 Å². The van der Waals surface area contributed by atoms with E-state index in [0.29, 0.717) is 17.7 Å². The van der Waals surface area contributed by atoms with Crippen LogP contribution in [0.15, 0.2) is 42.5 Å². The molecule has 2 heterocycles. The molecule has 0 aliphatic carbocycles. The zero-order valence-electron chi connectivity index (χ0n) is 14.9. The molecule has 0 unspecified atom stereocenters. The van der Waals surface area contributed by atoms with Crippen molar-refractivity contribution in [3.63, 3.8) is 0 Å². The number of para-hydroxylation sites is 1. The van der Waals surface area contributed by atoms with Gasteiger partial charge in [-0.2, -0.15) is 0 Å². The lowest BCUT2D eigenvalue weighted by Crippen LogP contribution is -2.34. The number of carbonyl (C=O) groups excluding carboxylic acids is 1. The van der Waals surface area contributed by atoms with Gasteiger partial charge in [0.05, 0.1) is 27.7 Å². The van der Waals surface area contributed by atoms with Gasteiger partial charge in [0, 0.05) is 6.04 Å². The number of hydrogen-bond donors (Lipinski definition) is 0. The lowest BCUT2D eigenvalue weighted by atomic mass is 10.1. The van der Waals surface area contributed by atoms with E-state index in [1.165, 1.54) is 21.9 Å². The first-order valence-electron chi connectivity index (χ1n) is 8.47. The highest BCUT2D eigenvalue weighted by atomic mass is 32.2. The molecule has 1 atom stereocenters. The topological polar surface area (TPSA) is 76.6 Å². The molecule has 2 aromatic carbocycles. The summed E-state index contributed by atoms with van der Waals surface area (Å²) in [5, 5.41) is 0.739. The second-order valence-electron chi connectivity index (χ2n) is 6.61. The maximum absolute atomic E-state index is 12.4. The Balaban J connectivity index is 1.51. The molecule has 0 amide bonds. The number of rotatable bonds is 4. The fraction of sp³-hybridized carbons (Fsp3) is 0.263. The normalized spacial score (nSPS) is 16.5. The third-order valence-corrected chi connectivity index (χ3v) is 6.77. The largest absolute Gasteiger partial charge is 0.455 e. The third-order valence-electron chi connectivity index (χ3n) is 4.49. The number of fused-ring (bicyclic) bond motifs is 2. The van der Waals surface area contributed by atoms with Crippen molar-refractivity contribution >= 4 is 43.2 Å². The molecule has 0 N–H and O–H groups in total. The smallest absolute Gasteiger partial charge is 0.338 e. The Kier molecular flexibility index (Phi) is 4.39. The number of benzene rings is 2. The standard InChI is InChI=1S/C19H18N2O4S2/c1-12-9-14-10-13(7-8-16(14)21(12)27(2,23)24)19(22)25-11-18-20-15-5-3-4-6-17(15)26-18/h3-8,10,12H,9,11H2,1-2H3/t12-/m1/s1. The van der Waals surface area contributed by atoms with Gasteiger partial charge in [-0.3, -0.25) is 4.31 Å². The van der Waals surface area contributed by atoms with Gasteiger partial charge in [-0.1, -0.05) is 12.1 Å². The van der Waals surface area contributed by atoms with Crippen molar-refractivity contribution in [2.75, 3.05) is 10.6 Å². The van der Waals surface area contributed by atoms with Crippen LogP contribution in [0.4, 0.5) is 5.69 Å². The van der Waals surface area contributed by atoms with E-state index < -0.39 is 16.0 Å². The molecule has 27 heavy (non-hydrogen) atoms. The first kappa shape index (κ1) is 17.9. The molecular weight excluding hydrogens is 384 g/mol. The van der Waals surface area contributed by atoms with E-state index >= 15 is 0 Å². The number of hydrogen-bond acceptors (Lipinski definition) is 6. The fourth-order valence-corrected chi connectivity index (χ4v) is 5.57. The molecule has 0 saturated heterocycles. The molecule has 140 valence electrons. The zero-order chi connectivity index (χ0) is 19.2. The second kappa shape index (κ2) is 6.61. The fourth-order valence-electron chi connectivity index (χ4n) is 3.43. The summed E-state index contributed by atoms with van der Waals surface area (Å²) in [7, 11) is -3.35. The summed E-state index contributed by atoms with van der Waals surface area (Å²) >= 11 is 1.50. The van der Waals surface area contributed by atoms with Crippen molar-refractivity contribution in [1.82, 2.24) is 4.98 Å². The van der Waals surface area contributed by atoms with Gasteiger partial charge in [-0.25, -0.2) is 18.2 Å². The number of thiazole rings is 1. The van der Waals surface area contributed by atoms with E-state index in [1.807, 2.05) is 31.2 Å². The van der Waals surface area contributed by atoms with Crippen LogP contribution in [0.2, 0.25) is 0 Å². The van der Waals surface area contributed by atoms with Crippen molar-refractivity contribution in [3.8, 4) is 0 Å². The highest BCUT2D eigenvalue weighted by Gasteiger charge is 2.32. The van der Waals surface area contributed by atoms with Crippen LogP contribution in [0, 0.1) is 0 Å². The second-order valence-corrected chi connectivity index (χ2v) is 9.58. The van der Waals surface area contributed by atoms with Gasteiger partial charge in [0.2, 0.25) is 10.0 Å². The maximum Gasteiger partial charge on any atom is 0.338 e. The predicted molar refractivity (Wildman–Crippen MR) is 106 cm³/mol. The molecule has 0 saturated carbocycles. The summed E-state index contributed by atoms with van der Waals surface area (Å²) in [6.45, 7) is 1.97. The number of anilines is 1. The Labute approximate surface area is 161 Å². The number of nitrogens with zero attached hydrogens (tertiary/aromatic N) is 2. The number of sulfonamides is 1. The van der Waals surface area contributed by atoms with Crippen LogP contribution in [0.1, 0.15) is 27.9 Å². The van der Waals surface area contributed by atoms with Crippen LogP contribution in [0.5, 0.6) is 0 Å². The molecule has 8 heteroatoms. The monoisotopic (exact) mass is 402 g/mol. The number of ether oxygens (including phenoxy) is 1. The summed E-state index contributed by atoms with van der Waals surface area (Å²) in [5.41, 5.74) is 2.77. The molecule has 0 bridgehead atoms. The summed E-state index contributed by atoms with van der Waals surface area (Å²) in [6.07, 6.45) is 1.76. The van der Waals surface area contributed by atoms with Gasteiger partial charge in [-0.15, -0.1) is 11.3 Å². The van der Waals surface area contributed by atoms with Gasteiger partial charge >= 0.3 is 5.97 Å². The number of esters is 1. The van der Waals surface area contributed by atoms with Crippen molar-refractivity contribution in [3.05, 3.63) is 58.6 Å². The first-order valence-corrected chi connectivity index (χ1v) is 11.1. The molecule has 4 rings (SSSR count). The van der Waals surface area contributed by atoms with E-state index in [2.05, 4.69) is 4.98 Å². The summed E-state index contributed by atoms with van der Waals surface area (Å²) in [5.74, 6) is -0.442. The molecule has 0 radical (unpaired) electrons. The van der Waals surface area contributed by atoms with E-state index in [1.54, 1.807) is 18.2 Å². The Bertz CT molecular complexity index is 1100. The minimum Gasteiger partial charge on any atom is -0.455 e. The molecule has 1 aliphatic heterocycles. The van der Waals surface area contributed by atoms with Crippen LogP contribution in [0.3, 0.4) is 0 Å². The van der Waals surface area contributed by atoms with Crippen LogP contribution in [-0.2, 0) is 27.8 Å². The summed E-state index contributed by atoms with van der Waals surface area (Å²) in [6, 6.07) is 12.6. The molecule has 3 aromatic rings. The highest BCUT2D eigenvalue weighted by molar-refractivity contribution is 7.92. The molecule has 6 nitrogen and oxygen atoms in total. The molecule has 0 spiro atoms. The van der Waals surface area contributed by atoms with Crippen LogP contribution < -0.4 is 4.31 Å². The van der Waals surface area contributed by atoms with Gasteiger partial charge in [0.15, 0.2) is 0 Å². The van der Waals surface area contributed by atoms with E-state index in [0.717, 1.165) is 20.8 Å². The van der Waals surface area contributed by atoms with Gasteiger partial charge in [0.25, 0.3) is 0 Å². The molecule has 1 aliphatic rings. The SMILES string of the molecule is C[C@@H]1Cc2cc(C(=O)OCc3nc4ccccc4s3)ccc2N1S(C)(=O)=O. The Hall–Kier alpha value is -2.45. The lowest BCUT2D eigenvalue weighted by molar-refractivity contribution is 0.0472. The minimum absolute atomic E-state index is 0.112. The number of aromatic nitrogens is 1. The molecule has 1 aromatic heterocycles.